The normalized spacial score (nSPS) is 17.5. The van der Waals surface area contributed by atoms with E-state index >= 15 is 0 Å². The Morgan fingerprint density at radius 3 is 2.93 bits per heavy atom. The summed E-state index contributed by atoms with van der Waals surface area (Å²) in [5, 5.41) is 3.68. The first kappa shape index (κ1) is 16.9. The number of fused-ring (bicyclic) bond motifs is 5. The van der Waals surface area contributed by atoms with Crippen LogP contribution in [0.5, 0.6) is 0 Å². The number of anilines is 1. The summed E-state index contributed by atoms with van der Waals surface area (Å²) in [4.78, 5) is 24.4. The molecule has 7 heteroatoms. The van der Waals surface area contributed by atoms with Crippen LogP contribution in [0.3, 0.4) is 0 Å². The Hall–Kier alpha value is -3.19. The number of para-hydroxylation sites is 2. The van der Waals surface area contributed by atoms with Crippen LogP contribution in [-0.2, 0) is 0 Å². The Balaban J connectivity index is 1.88. The number of carbonyl (C=O) groups excluding carboxylic acids is 1. The average molecular weight is 374 g/mol. The van der Waals surface area contributed by atoms with Crippen LogP contribution >= 0.6 is 0 Å². The third-order valence-electron chi connectivity index (χ3n) is 5.52. The van der Waals surface area contributed by atoms with Crippen LogP contribution in [-0.4, -0.2) is 46.5 Å². The fourth-order valence-electron chi connectivity index (χ4n) is 4.21. The number of benzene rings is 1. The van der Waals surface area contributed by atoms with Crippen molar-refractivity contribution < 1.29 is 4.79 Å². The van der Waals surface area contributed by atoms with Crippen molar-refractivity contribution in [3.05, 3.63) is 48.2 Å². The highest BCUT2D eigenvalue weighted by atomic mass is 16.1. The Morgan fingerprint density at radius 1 is 1.25 bits per heavy atom. The Bertz CT molecular complexity index is 1210. The lowest BCUT2D eigenvalue weighted by atomic mass is 10.0. The van der Waals surface area contributed by atoms with Gasteiger partial charge in [0.25, 0.3) is 5.91 Å². The van der Waals surface area contributed by atoms with Crippen molar-refractivity contribution in [2.45, 2.75) is 18.9 Å². The van der Waals surface area contributed by atoms with Gasteiger partial charge in [-0.3, -0.25) is 9.20 Å². The maximum atomic E-state index is 12.7. The van der Waals surface area contributed by atoms with Crippen LogP contribution in [0.15, 0.2) is 42.6 Å². The summed E-state index contributed by atoms with van der Waals surface area (Å²) in [7, 11) is 1.64. The zero-order chi connectivity index (χ0) is 19.3. The highest BCUT2D eigenvalue weighted by molar-refractivity contribution is 6.07. The van der Waals surface area contributed by atoms with Crippen molar-refractivity contribution in [3.8, 4) is 0 Å². The summed E-state index contributed by atoms with van der Waals surface area (Å²) in [6.07, 6.45) is 3.93. The molecule has 4 aromatic rings. The largest absolute Gasteiger partial charge is 0.369 e. The monoisotopic (exact) mass is 374 g/mol. The van der Waals surface area contributed by atoms with E-state index in [1.165, 1.54) is 0 Å². The molecule has 0 bridgehead atoms. The van der Waals surface area contributed by atoms with Gasteiger partial charge in [0.15, 0.2) is 5.65 Å². The minimum absolute atomic E-state index is 0.160. The maximum absolute atomic E-state index is 12.7. The number of piperidine rings is 1. The summed E-state index contributed by atoms with van der Waals surface area (Å²) < 4.78 is 1.99. The van der Waals surface area contributed by atoms with E-state index < -0.39 is 0 Å². The number of nitrogens with one attached hydrogen (secondary N) is 1. The molecule has 1 fully saturated rings. The third-order valence-corrected chi connectivity index (χ3v) is 5.52. The van der Waals surface area contributed by atoms with Crippen molar-refractivity contribution in [2.24, 2.45) is 5.73 Å². The van der Waals surface area contributed by atoms with E-state index in [9.17, 15) is 4.79 Å². The number of rotatable bonds is 2. The molecule has 0 spiro atoms. The van der Waals surface area contributed by atoms with Crippen LogP contribution in [0.1, 0.15) is 23.2 Å². The number of amides is 1. The molecule has 1 atom stereocenters. The number of aromatic nitrogens is 3. The molecule has 1 amide bonds. The van der Waals surface area contributed by atoms with Gasteiger partial charge in [-0.25, -0.2) is 9.97 Å². The van der Waals surface area contributed by atoms with Gasteiger partial charge in [-0.1, -0.05) is 12.1 Å². The molecule has 0 radical (unpaired) electrons. The Morgan fingerprint density at radius 2 is 2.11 bits per heavy atom. The van der Waals surface area contributed by atoms with Crippen LogP contribution in [0.2, 0.25) is 0 Å². The molecule has 5 rings (SSSR count). The predicted octanol–water partition coefficient (Wildman–Crippen LogP) is 2.32. The second kappa shape index (κ2) is 6.45. The Labute approximate surface area is 162 Å². The van der Waals surface area contributed by atoms with Gasteiger partial charge in [0, 0.05) is 43.4 Å². The van der Waals surface area contributed by atoms with E-state index in [-0.39, 0.29) is 11.9 Å². The average Bonchev–Trinajstić information content (AvgIpc) is 3.12. The number of carbonyl (C=O) groups is 1. The second-order valence-corrected chi connectivity index (χ2v) is 7.31. The standard InChI is InChI=1S/C21H22N6O/c1-23-21(28)15-11-14-17(26-10-4-5-13(22)12-26)8-9-24-19(14)27-18-7-3-2-6-16(18)25-20(15)27/h2-3,6-9,11,13H,4-5,10,12,22H2,1H3,(H,23,28). The van der Waals surface area contributed by atoms with Gasteiger partial charge < -0.3 is 16.0 Å². The summed E-state index contributed by atoms with van der Waals surface area (Å²) in [6, 6.07) is 12.0. The molecular weight excluding hydrogens is 352 g/mol. The third kappa shape index (κ3) is 2.51. The highest BCUT2D eigenvalue weighted by Gasteiger charge is 2.23. The number of hydrogen-bond donors (Lipinski definition) is 2. The second-order valence-electron chi connectivity index (χ2n) is 7.31. The SMILES string of the molecule is CNC(=O)c1cc2c(N3CCCC(N)C3)ccnc2n2c1nc1ccccc12. The van der Waals surface area contributed by atoms with Crippen LogP contribution in [0.4, 0.5) is 5.69 Å². The zero-order valence-corrected chi connectivity index (χ0v) is 15.7. The van der Waals surface area contributed by atoms with Gasteiger partial charge in [-0.2, -0.15) is 0 Å². The number of hydrogen-bond acceptors (Lipinski definition) is 5. The van der Waals surface area contributed by atoms with Gasteiger partial charge >= 0.3 is 0 Å². The highest BCUT2D eigenvalue weighted by Crippen LogP contribution is 2.32. The molecule has 1 aliphatic heterocycles. The van der Waals surface area contributed by atoms with Crippen molar-refractivity contribution >= 4 is 39.3 Å². The summed E-state index contributed by atoms with van der Waals surface area (Å²) in [5.41, 5.74) is 11.0. The Kier molecular flexibility index (Phi) is 3.91. The van der Waals surface area contributed by atoms with Gasteiger partial charge in [0.1, 0.15) is 5.65 Å². The molecule has 1 saturated heterocycles. The summed E-state index contributed by atoms with van der Waals surface area (Å²) >= 11 is 0. The molecule has 0 aliphatic carbocycles. The molecule has 1 unspecified atom stereocenters. The smallest absolute Gasteiger partial charge is 0.254 e. The fourth-order valence-corrected chi connectivity index (χ4v) is 4.21. The number of pyridine rings is 2. The van der Waals surface area contributed by atoms with Crippen LogP contribution < -0.4 is 16.0 Å². The molecule has 28 heavy (non-hydrogen) atoms. The first-order valence-electron chi connectivity index (χ1n) is 9.59. The maximum Gasteiger partial charge on any atom is 0.254 e. The first-order chi connectivity index (χ1) is 13.7. The van der Waals surface area contributed by atoms with Crippen molar-refractivity contribution in [2.75, 3.05) is 25.0 Å². The van der Waals surface area contributed by atoms with Crippen molar-refractivity contribution in [3.63, 3.8) is 0 Å². The van der Waals surface area contributed by atoms with Gasteiger partial charge in [0.2, 0.25) is 0 Å². The number of nitrogens with two attached hydrogens (primary N) is 1. The molecule has 1 aromatic carbocycles. The molecule has 4 heterocycles. The minimum atomic E-state index is -0.160. The molecule has 7 nitrogen and oxygen atoms in total. The lowest BCUT2D eigenvalue weighted by Gasteiger charge is -2.33. The van der Waals surface area contributed by atoms with E-state index in [1.54, 1.807) is 7.05 Å². The van der Waals surface area contributed by atoms with E-state index in [2.05, 4.69) is 15.2 Å². The van der Waals surface area contributed by atoms with Gasteiger partial charge in [-0.05, 0) is 37.1 Å². The predicted molar refractivity (Wildman–Crippen MR) is 111 cm³/mol. The molecule has 0 saturated carbocycles. The molecule has 3 N–H and O–H groups in total. The number of imidazole rings is 1. The zero-order valence-electron chi connectivity index (χ0n) is 15.7. The lowest BCUT2D eigenvalue weighted by molar-refractivity contribution is 0.0964. The fraction of sp³-hybridized carbons (Fsp3) is 0.286. The van der Waals surface area contributed by atoms with Crippen LogP contribution in [0, 0.1) is 0 Å². The molecule has 1 aliphatic rings. The summed E-state index contributed by atoms with van der Waals surface area (Å²) in [6.45, 7) is 1.75. The summed E-state index contributed by atoms with van der Waals surface area (Å²) in [5.74, 6) is -0.160. The van der Waals surface area contributed by atoms with Crippen LogP contribution in [0.25, 0.3) is 27.7 Å². The number of nitrogens with zero attached hydrogens (tertiary/aromatic N) is 4. The van der Waals surface area contributed by atoms with E-state index in [4.69, 9.17) is 10.7 Å². The minimum Gasteiger partial charge on any atom is -0.369 e. The van der Waals surface area contributed by atoms with Crippen molar-refractivity contribution in [1.82, 2.24) is 19.7 Å². The first-order valence-corrected chi connectivity index (χ1v) is 9.59. The molecule has 142 valence electrons. The van der Waals surface area contributed by atoms with E-state index in [1.807, 2.05) is 47.0 Å². The molecule has 3 aromatic heterocycles. The van der Waals surface area contributed by atoms with Crippen molar-refractivity contribution in [1.29, 1.82) is 0 Å². The van der Waals surface area contributed by atoms with Gasteiger partial charge in [0.05, 0.1) is 16.6 Å². The quantitative estimate of drug-likeness (QED) is 0.562. The lowest BCUT2D eigenvalue weighted by Crippen LogP contribution is -2.42. The van der Waals surface area contributed by atoms with E-state index in [0.717, 1.165) is 53.7 Å². The van der Waals surface area contributed by atoms with E-state index in [0.29, 0.717) is 11.2 Å². The molecular formula is C21H22N6O. The van der Waals surface area contributed by atoms with Gasteiger partial charge in [-0.15, -0.1) is 0 Å². The topological polar surface area (TPSA) is 88.5 Å².